The molecule has 0 spiro atoms. The van der Waals surface area contributed by atoms with Crippen molar-refractivity contribution in [2.75, 3.05) is 0 Å². The lowest BCUT2D eigenvalue weighted by molar-refractivity contribution is 0.332. The summed E-state index contributed by atoms with van der Waals surface area (Å²) in [7, 11) is 0. The molecule has 1 aliphatic rings. The minimum Gasteiger partial charge on any atom is -0.103 e. The number of hydrogen-bond donors (Lipinski definition) is 0. The molecule has 2 atom stereocenters. The van der Waals surface area contributed by atoms with E-state index in [0.29, 0.717) is 0 Å². The van der Waals surface area contributed by atoms with Gasteiger partial charge in [-0.05, 0) is 49.9 Å². The second-order valence-corrected chi connectivity index (χ2v) is 5.47. The molecule has 0 aliphatic heterocycles. The highest BCUT2D eigenvalue weighted by molar-refractivity contribution is 5.11. The largest absolute Gasteiger partial charge is 0.103 e. The number of allylic oxidation sites excluding steroid dienone is 3. The van der Waals surface area contributed by atoms with Crippen molar-refractivity contribution >= 4 is 0 Å². The van der Waals surface area contributed by atoms with Crippen LogP contribution in [-0.2, 0) is 0 Å². The monoisotopic (exact) mass is 206 g/mol. The fraction of sp³-hybridized carbons (Fsp3) is 0.733. The van der Waals surface area contributed by atoms with Gasteiger partial charge in [0.1, 0.15) is 0 Å². The summed E-state index contributed by atoms with van der Waals surface area (Å²) in [6.45, 7) is 10.9. The average molecular weight is 206 g/mol. The minimum atomic E-state index is 0.808. The van der Waals surface area contributed by atoms with Gasteiger partial charge in [-0.2, -0.15) is 0 Å². The highest BCUT2D eigenvalue weighted by atomic mass is 14.3. The smallest absolute Gasteiger partial charge is 0.0229 e. The van der Waals surface area contributed by atoms with Crippen LogP contribution in [0.15, 0.2) is 24.3 Å². The summed E-state index contributed by atoms with van der Waals surface area (Å²) in [6.07, 6.45) is 11.0. The molecule has 86 valence electrons. The molecule has 0 saturated heterocycles. The van der Waals surface area contributed by atoms with Crippen molar-refractivity contribution in [2.45, 2.75) is 52.9 Å². The van der Waals surface area contributed by atoms with Crippen LogP contribution in [0.2, 0.25) is 0 Å². The third-order valence-electron chi connectivity index (χ3n) is 3.48. The van der Waals surface area contributed by atoms with Crippen molar-refractivity contribution < 1.29 is 0 Å². The lowest BCUT2D eigenvalue weighted by Gasteiger charge is -2.28. The summed E-state index contributed by atoms with van der Waals surface area (Å²) in [5.74, 6) is 2.60. The third-order valence-corrected chi connectivity index (χ3v) is 3.48. The van der Waals surface area contributed by atoms with Gasteiger partial charge in [-0.3, -0.25) is 0 Å². The van der Waals surface area contributed by atoms with Crippen LogP contribution >= 0.6 is 0 Å². The first-order valence-electron chi connectivity index (χ1n) is 6.43. The van der Waals surface area contributed by atoms with Gasteiger partial charge >= 0.3 is 0 Å². The Hall–Kier alpha value is -0.520. The second-order valence-electron chi connectivity index (χ2n) is 5.47. The SMILES string of the molecule is C=CCCC1=CCC(CC(C)C)CC1C. The maximum Gasteiger partial charge on any atom is -0.0229 e. The minimum absolute atomic E-state index is 0.808. The summed E-state index contributed by atoms with van der Waals surface area (Å²) in [6, 6.07) is 0. The first-order valence-corrected chi connectivity index (χ1v) is 6.43. The van der Waals surface area contributed by atoms with Crippen LogP contribution in [0.1, 0.15) is 52.9 Å². The zero-order valence-electron chi connectivity index (χ0n) is 10.6. The van der Waals surface area contributed by atoms with Crippen molar-refractivity contribution in [1.82, 2.24) is 0 Å². The highest BCUT2D eigenvalue weighted by Crippen LogP contribution is 2.34. The van der Waals surface area contributed by atoms with Crippen molar-refractivity contribution in [1.29, 1.82) is 0 Å². The molecule has 0 aromatic heterocycles. The van der Waals surface area contributed by atoms with Gasteiger partial charge in [-0.1, -0.05) is 38.5 Å². The Bertz CT molecular complexity index is 222. The topological polar surface area (TPSA) is 0 Å². The molecule has 0 nitrogen and oxygen atoms in total. The summed E-state index contributed by atoms with van der Waals surface area (Å²) < 4.78 is 0. The number of rotatable bonds is 5. The van der Waals surface area contributed by atoms with Crippen molar-refractivity contribution in [3.63, 3.8) is 0 Å². The van der Waals surface area contributed by atoms with Crippen LogP contribution < -0.4 is 0 Å². The van der Waals surface area contributed by atoms with Crippen molar-refractivity contribution in [3.05, 3.63) is 24.3 Å². The molecule has 0 fully saturated rings. The summed E-state index contributed by atoms with van der Waals surface area (Å²) >= 11 is 0. The molecule has 0 heteroatoms. The predicted octanol–water partition coefficient (Wildman–Crippen LogP) is 4.97. The maximum atomic E-state index is 3.80. The molecular formula is C15H26. The molecular weight excluding hydrogens is 180 g/mol. The Morgan fingerprint density at radius 1 is 1.53 bits per heavy atom. The van der Waals surface area contributed by atoms with E-state index in [1.165, 1.54) is 25.7 Å². The van der Waals surface area contributed by atoms with Gasteiger partial charge in [-0.15, -0.1) is 6.58 Å². The molecule has 1 rings (SSSR count). The standard InChI is InChI=1S/C15H26/c1-5-6-7-15-9-8-14(10-12(2)3)11-13(15)4/h5,9,12-14H,1,6-8,10-11H2,2-4H3. The highest BCUT2D eigenvalue weighted by Gasteiger charge is 2.20. The van der Waals surface area contributed by atoms with E-state index in [1.54, 1.807) is 5.57 Å². The van der Waals surface area contributed by atoms with Gasteiger partial charge < -0.3 is 0 Å². The molecule has 15 heavy (non-hydrogen) atoms. The van der Waals surface area contributed by atoms with E-state index < -0.39 is 0 Å². The van der Waals surface area contributed by atoms with Gasteiger partial charge in [0, 0.05) is 0 Å². The normalized spacial score (nSPS) is 26.5. The molecule has 0 N–H and O–H groups in total. The zero-order valence-corrected chi connectivity index (χ0v) is 10.6. The molecule has 0 aromatic carbocycles. The Morgan fingerprint density at radius 2 is 2.27 bits per heavy atom. The van der Waals surface area contributed by atoms with Crippen LogP contribution in [0, 0.1) is 17.8 Å². The lowest BCUT2D eigenvalue weighted by Crippen LogP contribution is -2.15. The zero-order chi connectivity index (χ0) is 11.3. The van der Waals surface area contributed by atoms with E-state index in [-0.39, 0.29) is 0 Å². The Morgan fingerprint density at radius 3 is 2.80 bits per heavy atom. The van der Waals surface area contributed by atoms with Gasteiger partial charge in [-0.25, -0.2) is 0 Å². The molecule has 0 bridgehead atoms. The van der Waals surface area contributed by atoms with E-state index in [0.717, 1.165) is 24.2 Å². The van der Waals surface area contributed by atoms with Crippen LogP contribution in [0.3, 0.4) is 0 Å². The third kappa shape index (κ3) is 4.24. The molecule has 0 amide bonds. The number of hydrogen-bond acceptors (Lipinski definition) is 0. The fourth-order valence-corrected chi connectivity index (χ4v) is 2.74. The van der Waals surface area contributed by atoms with Gasteiger partial charge in [0.05, 0.1) is 0 Å². The van der Waals surface area contributed by atoms with Crippen molar-refractivity contribution in [3.8, 4) is 0 Å². The average Bonchev–Trinajstić information content (AvgIpc) is 2.15. The van der Waals surface area contributed by atoms with E-state index in [1.807, 2.05) is 6.08 Å². The first-order chi connectivity index (χ1) is 7.13. The van der Waals surface area contributed by atoms with E-state index in [9.17, 15) is 0 Å². The van der Waals surface area contributed by atoms with E-state index in [2.05, 4.69) is 33.4 Å². The summed E-state index contributed by atoms with van der Waals surface area (Å²) in [5, 5.41) is 0. The molecule has 2 unspecified atom stereocenters. The maximum absolute atomic E-state index is 3.80. The Kier molecular flexibility index (Phi) is 5.14. The van der Waals surface area contributed by atoms with Crippen LogP contribution in [0.4, 0.5) is 0 Å². The van der Waals surface area contributed by atoms with Crippen LogP contribution in [0.5, 0.6) is 0 Å². The second kappa shape index (κ2) is 6.15. The van der Waals surface area contributed by atoms with Crippen molar-refractivity contribution in [2.24, 2.45) is 17.8 Å². The van der Waals surface area contributed by atoms with Gasteiger partial charge in [0.15, 0.2) is 0 Å². The predicted molar refractivity (Wildman–Crippen MR) is 68.9 cm³/mol. The van der Waals surface area contributed by atoms with Crippen LogP contribution in [0.25, 0.3) is 0 Å². The Labute approximate surface area is 95.5 Å². The van der Waals surface area contributed by atoms with E-state index >= 15 is 0 Å². The Balaban J connectivity index is 2.44. The van der Waals surface area contributed by atoms with Gasteiger partial charge in [0.2, 0.25) is 0 Å². The summed E-state index contributed by atoms with van der Waals surface area (Å²) in [5.41, 5.74) is 1.68. The molecule has 0 aromatic rings. The molecule has 0 radical (unpaired) electrons. The van der Waals surface area contributed by atoms with Gasteiger partial charge in [0.25, 0.3) is 0 Å². The first kappa shape index (κ1) is 12.5. The fourth-order valence-electron chi connectivity index (χ4n) is 2.74. The lowest BCUT2D eigenvalue weighted by atomic mass is 9.77. The van der Waals surface area contributed by atoms with E-state index in [4.69, 9.17) is 0 Å². The summed E-state index contributed by atoms with van der Waals surface area (Å²) in [4.78, 5) is 0. The molecule has 0 heterocycles. The quantitative estimate of drug-likeness (QED) is 0.557. The van der Waals surface area contributed by atoms with Crippen LogP contribution in [-0.4, -0.2) is 0 Å². The molecule has 1 aliphatic carbocycles. The molecule has 0 saturated carbocycles.